The zero-order valence-electron chi connectivity index (χ0n) is 15.4. The van der Waals surface area contributed by atoms with E-state index >= 15 is 0 Å². The van der Waals surface area contributed by atoms with E-state index in [1.165, 1.54) is 18.2 Å². The molecule has 2 aromatic carbocycles. The van der Waals surface area contributed by atoms with Crippen LogP contribution in [0.25, 0.3) is 11.3 Å². The van der Waals surface area contributed by atoms with Crippen LogP contribution in [-0.2, 0) is 11.0 Å². The Balaban J connectivity index is 1.30. The molecule has 1 aliphatic carbocycles. The number of nitrogens with one attached hydrogen (secondary N) is 2. The molecule has 2 unspecified atom stereocenters. The first kappa shape index (κ1) is 19.7. The first-order valence-electron chi connectivity index (χ1n) is 9.12. The highest BCUT2D eigenvalue weighted by atomic mass is 19.4. The molecule has 154 valence electrons. The van der Waals surface area contributed by atoms with E-state index < -0.39 is 29.5 Å². The topological polar surface area (TPSA) is 84.2 Å². The van der Waals surface area contributed by atoms with Crippen LogP contribution in [-0.4, -0.2) is 17.0 Å². The van der Waals surface area contributed by atoms with Crippen molar-refractivity contribution in [1.29, 1.82) is 0 Å². The van der Waals surface area contributed by atoms with Crippen LogP contribution in [0, 0.1) is 5.92 Å². The largest absolute Gasteiger partial charge is 0.416 e. The molecule has 1 heterocycles. The van der Waals surface area contributed by atoms with Gasteiger partial charge in [0.15, 0.2) is 11.5 Å². The minimum absolute atomic E-state index is 0.00393. The first-order valence-corrected chi connectivity index (χ1v) is 9.12. The summed E-state index contributed by atoms with van der Waals surface area (Å²) in [7, 11) is 0. The van der Waals surface area contributed by atoms with Gasteiger partial charge in [0.25, 0.3) is 5.91 Å². The number of aromatic nitrogens is 1. The summed E-state index contributed by atoms with van der Waals surface area (Å²) in [6.07, 6.45) is -3.90. The van der Waals surface area contributed by atoms with Gasteiger partial charge in [0.2, 0.25) is 5.91 Å². The van der Waals surface area contributed by atoms with Crippen LogP contribution in [0.1, 0.15) is 34.0 Å². The summed E-state index contributed by atoms with van der Waals surface area (Å²) in [5.41, 5.74) is 5.28. The molecule has 4 rings (SSSR count). The van der Waals surface area contributed by atoms with Gasteiger partial charge in [-0.25, -0.2) is 0 Å². The molecular formula is C21H16F3N3O3. The number of alkyl halides is 3. The molecule has 9 heteroatoms. The Morgan fingerprint density at radius 1 is 1.00 bits per heavy atom. The van der Waals surface area contributed by atoms with Gasteiger partial charge in [-0.3, -0.25) is 20.4 Å². The first-order chi connectivity index (χ1) is 14.3. The Morgan fingerprint density at radius 2 is 1.70 bits per heavy atom. The van der Waals surface area contributed by atoms with Crippen LogP contribution < -0.4 is 10.9 Å². The van der Waals surface area contributed by atoms with Gasteiger partial charge in [0.1, 0.15) is 0 Å². The van der Waals surface area contributed by atoms with Crippen molar-refractivity contribution in [2.24, 2.45) is 5.92 Å². The summed E-state index contributed by atoms with van der Waals surface area (Å²) in [4.78, 5) is 24.4. The molecule has 30 heavy (non-hydrogen) atoms. The number of hydrogen-bond acceptors (Lipinski definition) is 4. The Hall–Kier alpha value is -3.62. The van der Waals surface area contributed by atoms with Crippen LogP contribution in [0.3, 0.4) is 0 Å². The Bertz CT molecular complexity index is 1060. The van der Waals surface area contributed by atoms with Crippen LogP contribution in [0.5, 0.6) is 0 Å². The summed E-state index contributed by atoms with van der Waals surface area (Å²) in [6.45, 7) is 0. The number of nitrogens with zero attached hydrogens (tertiary/aromatic N) is 1. The van der Waals surface area contributed by atoms with E-state index in [2.05, 4.69) is 16.0 Å². The Morgan fingerprint density at radius 3 is 2.37 bits per heavy atom. The van der Waals surface area contributed by atoms with Crippen molar-refractivity contribution in [2.75, 3.05) is 0 Å². The maximum Gasteiger partial charge on any atom is 0.416 e. The van der Waals surface area contributed by atoms with Crippen molar-refractivity contribution in [3.63, 3.8) is 0 Å². The Labute approximate surface area is 169 Å². The molecule has 0 bridgehead atoms. The molecule has 1 fully saturated rings. The van der Waals surface area contributed by atoms with Crippen molar-refractivity contribution in [3.05, 3.63) is 77.5 Å². The number of halogens is 3. The van der Waals surface area contributed by atoms with Gasteiger partial charge >= 0.3 is 6.18 Å². The van der Waals surface area contributed by atoms with Gasteiger partial charge in [-0.2, -0.15) is 13.2 Å². The standard InChI is InChI=1S/C21H16F3N3O3/c22-21(23,24)14-8-6-12(7-9-14)15-10-16(15)19(28)25-26-20(29)17-11-18(30-27-17)13-4-2-1-3-5-13/h1-9,11,15-16H,10H2,(H,25,28)(H,26,29). The number of carbonyl (C=O) groups excluding carboxylic acids is 2. The molecule has 1 aromatic heterocycles. The van der Waals surface area contributed by atoms with Crippen molar-refractivity contribution in [1.82, 2.24) is 16.0 Å². The lowest BCUT2D eigenvalue weighted by Crippen LogP contribution is -2.42. The molecule has 1 aliphatic rings. The van der Waals surface area contributed by atoms with Gasteiger partial charge < -0.3 is 4.52 Å². The molecule has 2 N–H and O–H groups in total. The van der Waals surface area contributed by atoms with E-state index in [-0.39, 0.29) is 11.6 Å². The minimum atomic E-state index is -4.40. The second-order valence-corrected chi connectivity index (χ2v) is 6.95. The van der Waals surface area contributed by atoms with E-state index in [4.69, 9.17) is 4.52 Å². The highest BCUT2D eigenvalue weighted by Gasteiger charge is 2.44. The maximum atomic E-state index is 12.6. The predicted octanol–water partition coefficient (Wildman–Crippen LogP) is 3.93. The quantitative estimate of drug-likeness (QED) is 0.633. The highest BCUT2D eigenvalue weighted by molar-refractivity contribution is 5.95. The monoisotopic (exact) mass is 415 g/mol. The number of carbonyl (C=O) groups is 2. The molecule has 0 saturated heterocycles. The average molecular weight is 415 g/mol. The van der Waals surface area contributed by atoms with Crippen molar-refractivity contribution in [2.45, 2.75) is 18.5 Å². The van der Waals surface area contributed by atoms with Gasteiger partial charge in [-0.1, -0.05) is 47.6 Å². The molecule has 2 atom stereocenters. The second-order valence-electron chi connectivity index (χ2n) is 6.95. The summed E-state index contributed by atoms with van der Waals surface area (Å²) in [5.74, 6) is -1.24. The minimum Gasteiger partial charge on any atom is -0.355 e. The SMILES string of the molecule is O=C(NNC(=O)C1CC1c1ccc(C(F)(F)F)cc1)c1cc(-c2ccccc2)on1. The molecule has 0 radical (unpaired) electrons. The molecule has 3 aromatic rings. The molecule has 0 aliphatic heterocycles. The van der Waals surface area contributed by atoms with E-state index in [1.54, 1.807) is 12.1 Å². The maximum absolute atomic E-state index is 12.6. The molecule has 6 nitrogen and oxygen atoms in total. The smallest absolute Gasteiger partial charge is 0.355 e. The molecule has 2 amide bonds. The van der Waals surface area contributed by atoms with E-state index in [1.807, 2.05) is 18.2 Å². The number of rotatable bonds is 4. The summed E-state index contributed by atoms with van der Waals surface area (Å²) in [6, 6.07) is 15.3. The van der Waals surface area contributed by atoms with Gasteiger partial charge in [-0.05, 0) is 30.0 Å². The van der Waals surface area contributed by atoms with Gasteiger partial charge in [0, 0.05) is 17.5 Å². The van der Waals surface area contributed by atoms with Crippen LogP contribution in [0.2, 0.25) is 0 Å². The number of hydrazine groups is 1. The van der Waals surface area contributed by atoms with E-state index in [9.17, 15) is 22.8 Å². The fourth-order valence-corrected chi connectivity index (χ4v) is 3.17. The molecule has 1 saturated carbocycles. The fraction of sp³-hybridized carbons (Fsp3) is 0.190. The van der Waals surface area contributed by atoms with Crippen molar-refractivity contribution >= 4 is 11.8 Å². The van der Waals surface area contributed by atoms with Gasteiger partial charge in [-0.15, -0.1) is 0 Å². The molecular weight excluding hydrogens is 399 g/mol. The number of hydrogen-bond donors (Lipinski definition) is 2. The Kier molecular flexibility index (Phi) is 5.03. The number of amides is 2. The lowest BCUT2D eigenvalue weighted by atomic mass is 10.1. The summed E-state index contributed by atoms with van der Waals surface area (Å²) >= 11 is 0. The van der Waals surface area contributed by atoms with Crippen LogP contribution in [0.4, 0.5) is 13.2 Å². The van der Waals surface area contributed by atoms with Gasteiger partial charge in [0.05, 0.1) is 5.56 Å². The fourth-order valence-electron chi connectivity index (χ4n) is 3.17. The third kappa shape index (κ3) is 4.19. The predicted molar refractivity (Wildman–Crippen MR) is 99.8 cm³/mol. The third-order valence-electron chi connectivity index (χ3n) is 4.89. The lowest BCUT2D eigenvalue weighted by molar-refractivity contribution is -0.137. The highest BCUT2D eigenvalue weighted by Crippen LogP contribution is 2.47. The van der Waals surface area contributed by atoms with E-state index in [0.717, 1.165) is 17.7 Å². The average Bonchev–Trinajstić information content (AvgIpc) is 3.39. The second kappa shape index (κ2) is 7.66. The zero-order chi connectivity index (χ0) is 21.3. The lowest BCUT2D eigenvalue weighted by Gasteiger charge is -2.08. The summed E-state index contributed by atoms with van der Waals surface area (Å²) in [5, 5.41) is 3.69. The normalized spacial score (nSPS) is 18.0. The summed E-state index contributed by atoms with van der Waals surface area (Å²) < 4.78 is 43.1. The molecule has 0 spiro atoms. The van der Waals surface area contributed by atoms with Crippen LogP contribution >= 0.6 is 0 Å². The third-order valence-corrected chi connectivity index (χ3v) is 4.89. The number of benzene rings is 2. The van der Waals surface area contributed by atoms with Crippen molar-refractivity contribution in [3.8, 4) is 11.3 Å². The zero-order valence-corrected chi connectivity index (χ0v) is 15.4. The van der Waals surface area contributed by atoms with Crippen molar-refractivity contribution < 1.29 is 27.3 Å². The van der Waals surface area contributed by atoms with Crippen LogP contribution in [0.15, 0.2) is 65.2 Å². The van der Waals surface area contributed by atoms with E-state index in [0.29, 0.717) is 17.7 Å².